The molecule has 0 bridgehead atoms. The number of amides is 4. The predicted octanol–water partition coefficient (Wildman–Crippen LogP) is 1.47. The number of carbonyl (C=O) groups excluding carboxylic acids is 4. The summed E-state index contributed by atoms with van der Waals surface area (Å²) in [6.45, 7) is 2.24. The van der Waals surface area contributed by atoms with E-state index in [0.717, 1.165) is 12.0 Å². The lowest BCUT2D eigenvalue weighted by Gasteiger charge is -2.17. The van der Waals surface area contributed by atoms with Crippen molar-refractivity contribution < 1.29 is 23.9 Å². The van der Waals surface area contributed by atoms with Crippen molar-refractivity contribution in [2.75, 3.05) is 19.7 Å². The monoisotopic (exact) mass is 395 g/mol. The number of nitrogens with one attached hydrogen (secondary N) is 2. The van der Waals surface area contributed by atoms with Gasteiger partial charge in [-0.3, -0.25) is 19.7 Å². The van der Waals surface area contributed by atoms with E-state index >= 15 is 0 Å². The molecule has 2 N–H and O–H groups in total. The average Bonchev–Trinajstić information content (AvgIpc) is 3.00. The van der Waals surface area contributed by atoms with Crippen LogP contribution in [-0.4, -0.2) is 48.4 Å². The first-order valence-electron chi connectivity index (χ1n) is 8.66. The summed E-state index contributed by atoms with van der Waals surface area (Å²) in [5, 5.41) is 5.08. The highest BCUT2D eigenvalue weighted by Gasteiger charge is 2.35. The van der Waals surface area contributed by atoms with Crippen LogP contribution in [0, 0.1) is 5.92 Å². The first-order valence-corrected chi connectivity index (χ1v) is 9.04. The Balaban J connectivity index is 1.79. The summed E-state index contributed by atoms with van der Waals surface area (Å²) in [7, 11) is 0. The molecule has 1 aromatic rings. The second-order valence-corrected chi connectivity index (χ2v) is 6.59. The number of rotatable bonds is 7. The van der Waals surface area contributed by atoms with Gasteiger partial charge >= 0.3 is 12.0 Å². The summed E-state index contributed by atoms with van der Waals surface area (Å²) >= 11 is 6.10. The summed E-state index contributed by atoms with van der Waals surface area (Å²) in [6.07, 6.45) is 0.749. The first kappa shape index (κ1) is 20.7. The molecule has 1 aliphatic rings. The Morgan fingerprint density at radius 1 is 1.30 bits per heavy atom. The number of carbonyl (C=O) groups is 4. The molecule has 4 amide bonds. The van der Waals surface area contributed by atoms with Gasteiger partial charge in [0.2, 0.25) is 5.91 Å². The van der Waals surface area contributed by atoms with Crippen LogP contribution in [0.3, 0.4) is 0 Å². The topological polar surface area (TPSA) is 105 Å². The largest absolute Gasteiger partial charge is 0.455 e. The summed E-state index contributed by atoms with van der Waals surface area (Å²) in [6, 6.07) is 6.53. The lowest BCUT2D eigenvalue weighted by atomic mass is 10.1. The number of likely N-dealkylation sites (tertiary alicyclic amines) is 1. The van der Waals surface area contributed by atoms with Crippen molar-refractivity contribution in [2.24, 2.45) is 5.92 Å². The fourth-order valence-electron chi connectivity index (χ4n) is 2.62. The molecule has 27 heavy (non-hydrogen) atoms. The zero-order valence-corrected chi connectivity index (χ0v) is 15.8. The summed E-state index contributed by atoms with van der Waals surface area (Å²) in [5.41, 5.74) is 0.791. The van der Waals surface area contributed by atoms with Gasteiger partial charge in [0.15, 0.2) is 6.61 Å². The van der Waals surface area contributed by atoms with E-state index in [4.69, 9.17) is 16.3 Å². The smallest absolute Gasteiger partial charge is 0.321 e. The maximum absolute atomic E-state index is 12.1. The average molecular weight is 396 g/mol. The molecule has 1 saturated heterocycles. The van der Waals surface area contributed by atoms with Gasteiger partial charge in [0.25, 0.3) is 5.91 Å². The molecule has 9 heteroatoms. The molecule has 0 spiro atoms. The zero-order valence-electron chi connectivity index (χ0n) is 15.0. The van der Waals surface area contributed by atoms with E-state index in [1.54, 1.807) is 12.1 Å². The summed E-state index contributed by atoms with van der Waals surface area (Å²) in [5.74, 6) is -2.20. The van der Waals surface area contributed by atoms with Crippen LogP contribution >= 0.6 is 11.6 Å². The highest BCUT2D eigenvalue weighted by molar-refractivity contribution is 6.31. The predicted molar refractivity (Wildman–Crippen MR) is 97.8 cm³/mol. The molecule has 146 valence electrons. The van der Waals surface area contributed by atoms with Crippen LogP contribution in [0.2, 0.25) is 5.02 Å². The molecule has 0 radical (unpaired) electrons. The van der Waals surface area contributed by atoms with E-state index < -0.39 is 30.4 Å². The molecule has 1 fully saturated rings. The van der Waals surface area contributed by atoms with Crippen LogP contribution in [0.25, 0.3) is 0 Å². The quantitative estimate of drug-likeness (QED) is 0.680. The Hall–Kier alpha value is -2.61. The van der Waals surface area contributed by atoms with Crippen molar-refractivity contribution in [3.63, 3.8) is 0 Å². The Bertz CT molecular complexity index is 725. The van der Waals surface area contributed by atoms with Crippen LogP contribution in [0.4, 0.5) is 4.79 Å². The number of halogens is 1. The molecule has 0 saturated carbocycles. The van der Waals surface area contributed by atoms with E-state index in [1.165, 1.54) is 4.90 Å². The van der Waals surface area contributed by atoms with E-state index in [9.17, 15) is 19.2 Å². The second kappa shape index (κ2) is 9.91. The molecule has 0 aliphatic carbocycles. The fourth-order valence-corrected chi connectivity index (χ4v) is 2.81. The number of nitrogens with zero attached hydrogens (tertiary/aromatic N) is 1. The standard InChI is InChI=1S/C18H22ClN3O5/c1-2-7-20-18(26)21-15(23)11-27-17(25)13-8-16(24)22(10-13)9-12-5-3-4-6-14(12)19/h3-6,13H,2,7-11H2,1H3,(H2,20,21,23,26)/t13-/m0/s1. The summed E-state index contributed by atoms with van der Waals surface area (Å²) in [4.78, 5) is 48.7. The van der Waals surface area contributed by atoms with Gasteiger partial charge in [0.1, 0.15) is 0 Å². The molecular weight excluding hydrogens is 374 g/mol. The molecule has 0 unspecified atom stereocenters. The van der Waals surface area contributed by atoms with Crippen molar-refractivity contribution in [2.45, 2.75) is 26.3 Å². The lowest BCUT2D eigenvalue weighted by molar-refractivity contribution is -0.152. The molecule has 1 atom stereocenters. The van der Waals surface area contributed by atoms with Crippen molar-refractivity contribution in [1.82, 2.24) is 15.5 Å². The minimum absolute atomic E-state index is 0.0158. The van der Waals surface area contributed by atoms with E-state index in [2.05, 4.69) is 10.6 Å². The molecule has 2 rings (SSSR count). The van der Waals surface area contributed by atoms with E-state index in [-0.39, 0.29) is 18.9 Å². The van der Waals surface area contributed by atoms with Gasteiger partial charge in [-0.2, -0.15) is 0 Å². The Morgan fingerprint density at radius 3 is 2.74 bits per heavy atom. The third kappa shape index (κ3) is 6.25. The normalized spacial score (nSPS) is 16.1. The van der Waals surface area contributed by atoms with Crippen molar-refractivity contribution in [3.8, 4) is 0 Å². The van der Waals surface area contributed by atoms with Crippen molar-refractivity contribution in [1.29, 1.82) is 0 Å². The number of imide groups is 1. The zero-order chi connectivity index (χ0) is 19.8. The van der Waals surface area contributed by atoms with Crippen LogP contribution < -0.4 is 10.6 Å². The van der Waals surface area contributed by atoms with E-state index in [1.807, 2.05) is 19.1 Å². The van der Waals surface area contributed by atoms with Crippen molar-refractivity contribution >= 4 is 35.4 Å². The molecule has 8 nitrogen and oxygen atoms in total. The van der Waals surface area contributed by atoms with Gasteiger partial charge in [0.05, 0.1) is 5.92 Å². The minimum Gasteiger partial charge on any atom is -0.455 e. The van der Waals surface area contributed by atoms with Crippen LogP contribution in [0.15, 0.2) is 24.3 Å². The fraction of sp³-hybridized carbons (Fsp3) is 0.444. The number of benzene rings is 1. The minimum atomic E-state index is -0.728. The number of hydrogen-bond acceptors (Lipinski definition) is 5. The van der Waals surface area contributed by atoms with Gasteiger partial charge in [-0.05, 0) is 18.1 Å². The third-order valence-electron chi connectivity index (χ3n) is 4.00. The van der Waals surface area contributed by atoms with Crippen LogP contribution in [0.5, 0.6) is 0 Å². The van der Waals surface area contributed by atoms with Gasteiger partial charge in [-0.15, -0.1) is 0 Å². The first-order chi connectivity index (χ1) is 12.9. The SMILES string of the molecule is CCCNC(=O)NC(=O)COC(=O)[C@H]1CC(=O)N(Cc2ccccc2Cl)C1. The van der Waals surface area contributed by atoms with Gasteiger partial charge in [-0.1, -0.05) is 36.7 Å². The van der Waals surface area contributed by atoms with Gasteiger partial charge in [-0.25, -0.2) is 4.79 Å². The van der Waals surface area contributed by atoms with Crippen molar-refractivity contribution in [3.05, 3.63) is 34.9 Å². The number of hydrogen-bond donors (Lipinski definition) is 2. The number of esters is 1. The summed E-state index contributed by atoms with van der Waals surface area (Å²) < 4.78 is 4.93. The maximum Gasteiger partial charge on any atom is 0.321 e. The second-order valence-electron chi connectivity index (χ2n) is 6.18. The molecule has 0 aromatic heterocycles. The Morgan fingerprint density at radius 2 is 2.04 bits per heavy atom. The molecule has 1 heterocycles. The Kier molecular flexibility index (Phi) is 7.60. The van der Waals surface area contributed by atoms with E-state index in [0.29, 0.717) is 18.1 Å². The van der Waals surface area contributed by atoms with Crippen LogP contribution in [-0.2, 0) is 25.7 Å². The third-order valence-corrected chi connectivity index (χ3v) is 4.37. The van der Waals surface area contributed by atoms with Crippen LogP contribution in [0.1, 0.15) is 25.3 Å². The number of ether oxygens (including phenoxy) is 1. The Labute approximate surface area is 162 Å². The lowest BCUT2D eigenvalue weighted by Crippen LogP contribution is -2.42. The molecule has 1 aliphatic heterocycles. The number of urea groups is 1. The highest BCUT2D eigenvalue weighted by atomic mass is 35.5. The maximum atomic E-state index is 12.1. The molecular formula is C18H22ClN3O5. The molecule has 1 aromatic carbocycles. The van der Waals surface area contributed by atoms with Gasteiger partial charge < -0.3 is 15.0 Å². The highest BCUT2D eigenvalue weighted by Crippen LogP contribution is 2.24. The van der Waals surface area contributed by atoms with Gasteiger partial charge in [0, 0.05) is 31.1 Å².